The van der Waals surface area contributed by atoms with Gasteiger partial charge in [0.1, 0.15) is 5.75 Å². The predicted octanol–water partition coefficient (Wildman–Crippen LogP) is 5.05. The largest absolute Gasteiger partial charge is 0.420 e. The van der Waals surface area contributed by atoms with Gasteiger partial charge in [0.05, 0.1) is 11.7 Å². The lowest BCUT2D eigenvalue weighted by atomic mass is 9.99. The molecule has 0 radical (unpaired) electrons. The van der Waals surface area contributed by atoms with E-state index in [-0.39, 0.29) is 12.1 Å². The summed E-state index contributed by atoms with van der Waals surface area (Å²) in [6.07, 6.45) is 4.41. The average Bonchev–Trinajstić information content (AvgIpc) is 2.55. The first-order chi connectivity index (χ1) is 11.1. The van der Waals surface area contributed by atoms with Crippen molar-refractivity contribution in [1.29, 1.82) is 0 Å². The first kappa shape index (κ1) is 15.1. The van der Waals surface area contributed by atoms with Gasteiger partial charge in [0, 0.05) is 0 Å². The Bertz CT molecular complexity index is 749. The SMILES string of the molecule is C=C(C)CC1C=Cc2ccccc2N1C(=O)Oc1ccccc1. The molecule has 0 saturated carbocycles. The van der Waals surface area contributed by atoms with Gasteiger partial charge in [-0.1, -0.05) is 54.1 Å². The van der Waals surface area contributed by atoms with Crippen LogP contribution in [0.3, 0.4) is 0 Å². The molecule has 0 saturated heterocycles. The normalized spacial score (nSPS) is 15.9. The second-order valence-corrected chi connectivity index (χ2v) is 5.70. The van der Waals surface area contributed by atoms with Crippen LogP contribution in [0.15, 0.2) is 72.8 Å². The molecule has 2 aromatic rings. The van der Waals surface area contributed by atoms with Crippen LogP contribution in [0.25, 0.3) is 6.08 Å². The molecular weight excluding hydrogens is 286 g/mol. The van der Waals surface area contributed by atoms with Crippen molar-refractivity contribution in [2.45, 2.75) is 19.4 Å². The number of ether oxygens (including phenoxy) is 1. The summed E-state index contributed by atoms with van der Waals surface area (Å²) in [5, 5.41) is 0. The summed E-state index contributed by atoms with van der Waals surface area (Å²) in [6.45, 7) is 5.94. The van der Waals surface area contributed by atoms with Crippen LogP contribution in [-0.2, 0) is 0 Å². The zero-order valence-corrected chi connectivity index (χ0v) is 13.1. The third-order valence-electron chi connectivity index (χ3n) is 3.73. The van der Waals surface area contributed by atoms with Crippen LogP contribution in [0.2, 0.25) is 0 Å². The topological polar surface area (TPSA) is 29.5 Å². The van der Waals surface area contributed by atoms with E-state index in [4.69, 9.17) is 4.74 Å². The van der Waals surface area contributed by atoms with Gasteiger partial charge in [-0.2, -0.15) is 0 Å². The molecular formula is C20H19NO2. The fourth-order valence-corrected chi connectivity index (χ4v) is 2.72. The van der Waals surface area contributed by atoms with Gasteiger partial charge in [-0.25, -0.2) is 4.79 Å². The van der Waals surface area contributed by atoms with E-state index in [1.807, 2.05) is 55.5 Å². The second kappa shape index (κ2) is 6.53. The van der Waals surface area contributed by atoms with Gasteiger partial charge in [-0.05, 0) is 37.1 Å². The van der Waals surface area contributed by atoms with E-state index in [9.17, 15) is 4.79 Å². The molecule has 1 aliphatic rings. The molecule has 0 aromatic heterocycles. The monoisotopic (exact) mass is 305 g/mol. The van der Waals surface area contributed by atoms with Crippen LogP contribution in [0.4, 0.5) is 10.5 Å². The second-order valence-electron chi connectivity index (χ2n) is 5.70. The van der Waals surface area contributed by atoms with Crippen molar-refractivity contribution in [1.82, 2.24) is 0 Å². The van der Waals surface area contributed by atoms with E-state index in [1.165, 1.54) is 0 Å². The number of carbonyl (C=O) groups is 1. The van der Waals surface area contributed by atoms with Crippen molar-refractivity contribution in [2.24, 2.45) is 0 Å². The fourth-order valence-electron chi connectivity index (χ4n) is 2.72. The molecule has 1 aliphatic heterocycles. The number of amides is 1. The Morgan fingerprint density at radius 1 is 1.13 bits per heavy atom. The summed E-state index contributed by atoms with van der Waals surface area (Å²) in [5.41, 5.74) is 2.90. The standard InChI is InChI=1S/C20H19NO2/c1-15(2)14-17-13-12-16-8-6-7-11-19(16)21(17)20(22)23-18-9-4-3-5-10-18/h3-13,17H,1,14H2,2H3. The Kier molecular flexibility index (Phi) is 4.29. The van der Waals surface area contributed by atoms with Crippen molar-refractivity contribution in [2.75, 3.05) is 4.90 Å². The Balaban J connectivity index is 1.92. The Hall–Kier alpha value is -2.81. The zero-order valence-electron chi connectivity index (χ0n) is 13.1. The summed E-state index contributed by atoms with van der Waals surface area (Å²) in [4.78, 5) is 14.5. The molecule has 1 amide bonds. The molecule has 3 rings (SSSR count). The first-order valence-corrected chi connectivity index (χ1v) is 7.63. The minimum absolute atomic E-state index is 0.0846. The van der Waals surface area contributed by atoms with Gasteiger partial charge in [0.25, 0.3) is 0 Å². The van der Waals surface area contributed by atoms with Crippen LogP contribution in [0, 0.1) is 0 Å². The summed E-state index contributed by atoms with van der Waals surface area (Å²) < 4.78 is 5.55. The zero-order chi connectivity index (χ0) is 16.2. The molecule has 0 fully saturated rings. The highest BCUT2D eigenvalue weighted by molar-refractivity contribution is 5.94. The lowest BCUT2D eigenvalue weighted by molar-refractivity contribution is 0.206. The van der Waals surface area contributed by atoms with E-state index in [0.29, 0.717) is 12.2 Å². The van der Waals surface area contributed by atoms with Gasteiger partial charge in [0.2, 0.25) is 0 Å². The van der Waals surface area contributed by atoms with E-state index in [1.54, 1.807) is 17.0 Å². The van der Waals surface area contributed by atoms with Gasteiger partial charge >= 0.3 is 6.09 Å². The number of hydrogen-bond donors (Lipinski definition) is 0. The highest BCUT2D eigenvalue weighted by Crippen LogP contribution is 2.31. The lowest BCUT2D eigenvalue weighted by Gasteiger charge is -2.33. The number of para-hydroxylation sites is 2. The van der Waals surface area contributed by atoms with E-state index < -0.39 is 0 Å². The summed E-state index contributed by atoms with van der Waals surface area (Å²) in [5.74, 6) is 0.540. The van der Waals surface area contributed by atoms with Crippen molar-refractivity contribution in [3.63, 3.8) is 0 Å². The Morgan fingerprint density at radius 2 is 1.83 bits per heavy atom. The van der Waals surface area contributed by atoms with Crippen LogP contribution in [-0.4, -0.2) is 12.1 Å². The maximum Gasteiger partial charge on any atom is 0.420 e. The minimum Gasteiger partial charge on any atom is -0.410 e. The van der Waals surface area contributed by atoms with Gasteiger partial charge in [0.15, 0.2) is 0 Å². The van der Waals surface area contributed by atoms with Crippen molar-refractivity contribution >= 4 is 17.9 Å². The van der Waals surface area contributed by atoms with Crippen LogP contribution < -0.4 is 9.64 Å². The number of anilines is 1. The molecule has 3 heteroatoms. The maximum absolute atomic E-state index is 12.8. The molecule has 0 N–H and O–H groups in total. The van der Waals surface area contributed by atoms with Gasteiger partial charge < -0.3 is 4.74 Å². The van der Waals surface area contributed by atoms with Crippen molar-refractivity contribution < 1.29 is 9.53 Å². The summed E-state index contributed by atoms with van der Waals surface area (Å²) in [7, 11) is 0. The molecule has 0 aliphatic carbocycles. The molecule has 1 heterocycles. The molecule has 2 aromatic carbocycles. The molecule has 0 spiro atoms. The summed E-state index contributed by atoms with van der Waals surface area (Å²) >= 11 is 0. The predicted molar refractivity (Wildman–Crippen MR) is 93.6 cm³/mol. The Labute approximate surface area is 136 Å². The average molecular weight is 305 g/mol. The minimum atomic E-state index is -0.376. The quantitative estimate of drug-likeness (QED) is 0.742. The molecule has 3 nitrogen and oxygen atoms in total. The third kappa shape index (κ3) is 3.34. The molecule has 116 valence electrons. The molecule has 23 heavy (non-hydrogen) atoms. The number of carbonyl (C=O) groups excluding carboxylic acids is 1. The number of fused-ring (bicyclic) bond motifs is 1. The van der Waals surface area contributed by atoms with E-state index in [0.717, 1.165) is 16.8 Å². The van der Waals surface area contributed by atoms with Crippen LogP contribution >= 0.6 is 0 Å². The van der Waals surface area contributed by atoms with Crippen molar-refractivity contribution in [3.05, 3.63) is 78.4 Å². The number of benzene rings is 2. The Morgan fingerprint density at radius 3 is 2.57 bits per heavy atom. The van der Waals surface area contributed by atoms with Gasteiger partial charge in [-0.15, -0.1) is 6.58 Å². The van der Waals surface area contributed by atoms with Crippen LogP contribution in [0.1, 0.15) is 18.9 Å². The van der Waals surface area contributed by atoms with Gasteiger partial charge in [-0.3, -0.25) is 4.90 Å². The smallest absolute Gasteiger partial charge is 0.410 e. The molecule has 1 atom stereocenters. The van der Waals surface area contributed by atoms with E-state index >= 15 is 0 Å². The number of nitrogens with zero attached hydrogens (tertiary/aromatic N) is 1. The maximum atomic E-state index is 12.8. The number of rotatable bonds is 3. The summed E-state index contributed by atoms with van der Waals surface area (Å²) in [6, 6.07) is 16.9. The highest BCUT2D eigenvalue weighted by Gasteiger charge is 2.29. The number of hydrogen-bond acceptors (Lipinski definition) is 2. The van der Waals surface area contributed by atoms with E-state index in [2.05, 4.69) is 12.7 Å². The molecule has 0 bridgehead atoms. The third-order valence-corrected chi connectivity index (χ3v) is 3.73. The fraction of sp³-hybridized carbons (Fsp3) is 0.150. The lowest BCUT2D eigenvalue weighted by Crippen LogP contribution is -2.43. The van der Waals surface area contributed by atoms with Crippen molar-refractivity contribution in [3.8, 4) is 5.75 Å². The highest BCUT2D eigenvalue weighted by atomic mass is 16.6. The molecule has 1 unspecified atom stereocenters. The first-order valence-electron chi connectivity index (χ1n) is 7.63. The van der Waals surface area contributed by atoms with Crippen LogP contribution in [0.5, 0.6) is 5.75 Å².